The van der Waals surface area contributed by atoms with E-state index in [2.05, 4.69) is 40.4 Å². The number of carboxylic acids is 1. The summed E-state index contributed by atoms with van der Waals surface area (Å²) in [6, 6.07) is 8.60. The number of hydrogen-bond acceptors (Lipinski definition) is 11. The number of rotatable bonds is 10. The van der Waals surface area contributed by atoms with Crippen molar-refractivity contribution in [2.75, 3.05) is 23.3 Å². The number of carboxylic acid groups (broad SMARTS) is 1. The van der Waals surface area contributed by atoms with Crippen LogP contribution in [-0.2, 0) is 40.7 Å². The lowest BCUT2D eigenvalue weighted by molar-refractivity contribution is -0.274. The molecular formula is C28H26F6N8O5S. The molecule has 1 atom stereocenters. The molecule has 13 nitrogen and oxygen atoms in total. The molecule has 0 aliphatic carbocycles. The van der Waals surface area contributed by atoms with Gasteiger partial charge in [-0.15, -0.1) is 44.9 Å². The summed E-state index contributed by atoms with van der Waals surface area (Å²) in [6.07, 6.45) is -5.18. The Labute approximate surface area is 271 Å². The van der Waals surface area contributed by atoms with E-state index in [1.165, 1.54) is 23.5 Å². The zero-order valence-corrected chi connectivity index (χ0v) is 25.6. The van der Waals surface area contributed by atoms with Gasteiger partial charge in [-0.25, -0.2) is 4.79 Å². The van der Waals surface area contributed by atoms with Crippen molar-refractivity contribution in [3.8, 4) is 5.75 Å². The van der Waals surface area contributed by atoms with Gasteiger partial charge in [0.1, 0.15) is 21.5 Å². The first kappa shape index (κ1) is 35.7. The van der Waals surface area contributed by atoms with Crippen LogP contribution in [0.15, 0.2) is 48.8 Å². The molecule has 0 bridgehead atoms. The quantitative estimate of drug-likeness (QED) is 0.229. The lowest BCUT2D eigenvalue weighted by Gasteiger charge is -2.16. The summed E-state index contributed by atoms with van der Waals surface area (Å²) in [5, 5.41) is 32.2. The molecule has 1 aromatic carbocycles. The number of aliphatic carboxylic acids is 1. The number of ether oxygens (including phenoxy) is 1. The van der Waals surface area contributed by atoms with Gasteiger partial charge in [-0.2, -0.15) is 18.3 Å². The molecule has 1 aliphatic heterocycles. The van der Waals surface area contributed by atoms with Gasteiger partial charge >= 0.3 is 18.5 Å². The number of carbonyl (C=O) groups is 3. The van der Waals surface area contributed by atoms with Crippen molar-refractivity contribution >= 4 is 40.6 Å². The third-order valence-electron chi connectivity index (χ3n) is 6.51. The zero-order valence-electron chi connectivity index (χ0n) is 24.8. The Morgan fingerprint density at radius 2 is 1.75 bits per heavy atom. The van der Waals surface area contributed by atoms with E-state index in [1.54, 1.807) is 30.1 Å². The second-order valence-corrected chi connectivity index (χ2v) is 11.5. The fourth-order valence-electron chi connectivity index (χ4n) is 4.48. The summed E-state index contributed by atoms with van der Waals surface area (Å²) in [7, 11) is 1.81. The van der Waals surface area contributed by atoms with Crippen LogP contribution in [0, 0.1) is 0 Å². The number of aryl methyl sites for hydroxylation is 1. The van der Waals surface area contributed by atoms with Crippen LogP contribution in [0.4, 0.5) is 38.0 Å². The van der Waals surface area contributed by atoms with Gasteiger partial charge in [0.15, 0.2) is 11.6 Å². The maximum Gasteiger partial charge on any atom is 0.573 e. The molecule has 3 aromatic heterocycles. The topological polar surface area (TPSA) is 165 Å². The van der Waals surface area contributed by atoms with Crippen molar-refractivity contribution in [2.24, 2.45) is 7.05 Å². The Balaban J connectivity index is 0.000000671. The molecule has 48 heavy (non-hydrogen) atoms. The van der Waals surface area contributed by atoms with E-state index in [1.807, 2.05) is 6.20 Å². The van der Waals surface area contributed by atoms with Crippen LogP contribution in [0.5, 0.6) is 5.75 Å². The van der Waals surface area contributed by atoms with Crippen molar-refractivity contribution in [1.82, 2.24) is 30.2 Å². The molecule has 1 fully saturated rings. The van der Waals surface area contributed by atoms with Gasteiger partial charge in [-0.3, -0.25) is 14.3 Å². The number of halogens is 6. The molecule has 4 heterocycles. The minimum Gasteiger partial charge on any atom is -0.475 e. The van der Waals surface area contributed by atoms with Gasteiger partial charge < -0.3 is 20.1 Å². The third kappa shape index (κ3) is 11.0. The van der Waals surface area contributed by atoms with Gasteiger partial charge in [0.05, 0.1) is 19.0 Å². The van der Waals surface area contributed by atoms with E-state index in [9.17, 15) is 35.9 Å². The first-order chi connectivity index (χ1) is 22.5. The van der Waals surface area contributed by atoms with Crippen molar-refractivity contribution in [3.63, 3.8) is 0 Å². The summed E-state index contributed by atoms with van der Waals surface area (Å²) in [6.45, 7) is 1.39. The molecule has 0 radical (unpaired) electrons. The number of hydrogen-bond donors (Lipinski definition) is 2. The second-order valence-electron chi connectivity index (χ2n) is 10.4. The number of anilines is 2. The second kappa shape index (κ2) is 15.2. The van der Waals surface area contributed by atoms with Gasteiger partial charge in [0.2, 0.25) is 5.91 Å². The standard InChI is InChI=1S/C26H25F3N8O3S.C2HF3O2/c1-36-14-17(13-30-36)9-19(38)12-24-34-35-25(41-24)18-7-8-37(15-18)22-6-5-21(32-33-22)31-23(39)11-16-3-2-4-20(10-16)40-26(27,28)29;3-2(4,5)1(6)7/h2-6,10,13-14,18H,7-9,11-12,15H2,1H3,(H,31,32,39);(H,6,7). The average molecular weight is 701 g/mol. The number of aromatic nitrogens is 6. The minimum atomic E-state index is -5.08. The summed E-state index contributed by atoms with van der Waals surface area (Å²) < 4.78 is 74.6. The van der Waals surface area contributed by atoms with Crippen LogP contribution in [-0.4, -0.2) is 78.6 Å². The summed E-state index contributed by atoms with van der Waals surface area (Å²) >= 11 is 1.45. The van der Waals surface area contributed by atoms with E-state index in [-0.39, 0.29) is 30.4 Å². The number of nitrogens with zero attached hydrogens (tertiary/aromatic N) is 7. The van der Waals surface area contributed by atoms with E-state index < -0.39 is 30.2 Å². The lowest BCUT2D eigenvalue weighted by atomic mass is 10.1. The Bertz CT molecular complexity index is 1730. The molecule has 0 saturated carbocycles. The van der Waals surface area contributed by atoms with Crippen molar-refractivity contribution < 1.29 is 50.6 Å². The van der Waals surface area contributed by atoms with Crippen LogP contribution >= 0.6 is 11.3 Å². The molecule has 1 aliphatic rings. The molecule has 1 amide bonds. The van der Waals surface area contributed by atoms with E-state index in [0.717, 1.165) is 35.7 Å². The van der Waals surface area contributed by atoms with Gasteiger partial charge in [-0.1, -0.05) is 12.1 Å². The molecule has 1 unspecified atom stereocenters. The van der Waals surface area contributed by atoms with Gasteiger partial charge in [-0.05, 0) is 41.8 Å². The summed E-state index contributed by atoms with van der Waals surface area (Å²) in [5.41, 5.74) is 1.22. The normalized spacial score (nSPS) is 14.6. The SMILES string of the molecule is Cn1cc(CC(=O)Cc2nnc(C3CCN(c4ccc(NC(=O)Cc5cccc(OC(F)(F)F)c5)nn4)C3)s2)cn1.O=C(O)C(F)(F)F. The first-order valence-electron chi connectivity index (χ1n) is 13.9. The molecule has 2 N–H and O–H groups in total. The fraction of sp³-hybridized carbons (Fsp3) is 0.357. The maximum absolute atomic E-state index is 12.4. The zero-order chi connectivity index (χ0) is 35.1. The largest absolute Gasteiger partial charge is 0.573 e. The number of Topliss-reactive ketones (excluding diaryl/α,β-unsaturated/α-hetero) is 1. The Kier molecular flexibility index (Phi) is 11.3. The molecule has 5 rings (SSSR count). The number of ketones is 1. The van der Waals surface area contributed by atoms with E-state index in [0.29, 0.717) is 29.4 Å². The highest BCUT2D eigenvalue weighted by Crippen LogP contribution is 2.32. The van der Waals surface area contributed by atoms with Crippen molar-refractivity contribution in [2.45, 2.75) is 44.1 Å². The summed E-state index contributed by atoms with van der Waals surface area (Å²) in [4.78, 5) is 35.8. The number of alkyl halides is 6. The number of benzene rings is 1. The summed E-state index contributed by atoms with van der Waals surface area (Å²) in [5.74, 6) is -2.54. The maximum atomic E-state index is 12.4. The van der Waals surface area contributed by atoms with Crippen molar-refractivity contribution in [1.29, 1.82) is 0 Å². The average Bonchev–Trinajstić information content (AvgIpc) is 3.74. The molecule has 256 valence electrons. The predicted molar refractivity (Wildman–Crippen MR) is 156 cm³/mol. The van der Waals surface area contributed by atoms with Crippen LogP contribution in [0.2, 0.25) is 0 Å². The number of amides is 1. The molecule has 1 saturated heterocycles. The van der Waals surface area contributed by atoms with Crippen LogP contribution in [0.1, 0.15) is 33.5 Å². The van der Waals surface area contributed by atoms with E-state index >= 15 is 0 Å². The van der Waals surface area contributed by atoms with Crippen molar-refractivity contribution in [3.05, 3.63) is 69.9 Å². The van der Waals surface area contributed by atoms with Crippen LogP contribution < -0.4 is 15.0 Å². The fourth-order valence-corrected chi connectivity index (χ4v) is 5.48. The van der Waals surface area contributed by atoms with Gasteiger partial charge in [0.25, 0.3) is 0 Å². The lowest BCUT2D eigenvalue weighted by Crippen LogP contribution is -2.21. The first-order valence-corrected chi connectivity index (χ1v) is 14.7. The van der Waals surface area contributed by atoms with E-state index in [4.69, 9.17) is 9.90 Å². The highest BCUT2D eigenvalue weighted by atomic mass is 32.1. The highest BCUT2D eigenvalue weighted by molar-refractivity contribution is 7.11. The molecule has 0 spiro atoms. The third-order valence-corrected chi connectivity index (χ3v) is 7.59. The minimum absolute atomic E-state index is 0.0557. The van der Waals surface area contributed by atoms with Crippen LogP contribution in [0.3, 0.4) is 0 Å². The molecular weight excluding hydrogens is 674 g/mol. The Morgan fingerprint density at radius 1 is 1.00 bits per heavy atom. The monoisotopic (exact) mass is 700 g/mol. The predicted octanol–water partition coefficient (Wildman–Crippen LogP) is 4.12. The number of carbonyl (C=O) groups excluding carboxylic acids is 2. The van der Waals surface area contributed by atoms with Crippen LogP contribution in [0.25, 0.3) is 0 Å². The highest BCUT2D eigenvalue weighted by Gasteiger charge is 2.38. The Hall–Kier alpha value is -5.14. The molecule has 20 heteroatoms. The number of nitrogens with one attached hydrogen (secondary N) is 1. The smallest absolute Gasteiger partial charge is 0.475 e. The molecule has 4 aromatic rings. The van der Waals surface area contributed by atoms with Gasteiger partial charge in [0, 0.05) is 38.7 Å². The Morgan fingerprint density at radius 3 is 2.38 bits per heavy atom.